The molecule has 1 atom stereocenters. The van der Waals surface area contributed by atoms with Gasteiger partial charge in [-0.15, -0.1) is 0 Å². The van der Waals surface area contributed by atoms with Crippen LogP contribution in [-0.2, 0) is 4.74 Å². The Hall–Kier alpha value is -1.13. The number of hydrogen-bond acceptors (Lipinski definition) is 2. The molecule has 0 aliphatic carbocycles. The second-order valence-electron chi connectivity index (χ2n) is 3.45. The van der Waals surface area contributed by atoms with Gasteiger partial charge in [0.2, 0.25) is 0 Å². The third kappa shape index (κ3) is 3.47. The summed E-state index contributed by atoms with van der Waals surface area (Å²) in [7, 11) is 1.55. The fourth-order valence-corrected chi connectivity index (χ4v) is 1.52. The van der Waals surface area contributed by atoms with Crippen LogP contribution in [0.2, 0.25) is 5.02 Å². The summed E-state index contributed by atoms with van der Waals surface area (Å²) in [5.41, 5.74) is 0.256. The van der Waals surface area contributed by atoms with E-state index in [-0.39, 0.29) is 22.5 Å². The molecule has 0 aliphatic rings. The molecule has 5 heteroatoms. The average molecular weight is 246 g/mol. The van der Waals surface area contributed by atoms with E-state index in [1.54, 1.807) is 14.0 Å². The summed E-state index contributed by atoms with van der Waals surface area (Å²) in [5.74, 6) is -0.805. The van der Waals surface area contributed by atoms with E-state index in [9.17, 15) is 9.18 Å². The summed E-state index contributed by atoms with van der Waals surface area (Å²) < 4.78 is 17.6. The van der Waals surface area contributed by atoms with E-state index in [1.165, 1.54) is 12.1 Å². The Kier molecular flexibility index (Phi) is 4.71. The molecule has 3 nitrogen and oxygen atoms in total. The molecule has 0 unspecified atom stereocenters. The van der Waals surface area contributed by atoms with Crippen LogP contribution in [0.25, 0.3) is 0 Å². The minimum Gasteiger partial charge on any atom is -0.383 e. The van der Waals surface area contributed by atoms with Crippen molar-refractivity contribution in [2.75, 3.05) is 13.7 Å². The maximum absolute atomic E-state index is 12.8. The molecule has 0 saturated carbocycles. The predicted molar refractivity (Wildman–Crippen MR) is 60.2 cm³/mol. The first-order valence-corrected chi connectivity index (χ1v) is 5.17. The number of rotatable bonds is 4. The van der Waals surface area contributed by atoms with Crippen molar-refractivity contribution in [1.29, 1.82) is 0 Å². The Morgan fingerprint density at radius 2 is 2.31 bits per heavy atom. The minimum atomic E-state index is -0.466. The quantitative estimate of drug-likeness (QED) is 0.884. The van der Waals surface area contributed by atoms with Crippen molar-refractivity contribution in [2.24, 2.45) is 0 Å². The first-order chi connectivity index (χ1) is 7.54. The van der Waals surface area contributed by atoms with Gasteiger partial charge in [-0.3, -0.25) is 4.79 Å². The van der Waals surface area contributed by atoms with Gasteiger partial charge in [0, 0.05) is 13.2 Å². The largest absolute Gasteiger partial charge is 0.383 e. The second-order valence-corrected chi connectivity index (χ2v) is 3.86. The molecular formula is C11H13ClFNO2. The molecule has 0 aliphatic heterocycles. The zero-order valence-electron chi connectivity index (χ0n) is 9.09. The Morgan fingerprint density at radius 1 is 1.62 bits per heavy atom. The molecule has 88 valence electrons. The molecule has 0 fully saturated rings. The van der Waals surface area contributed by atoms with Crippen LogP contribution in [0.5, 0.6) is 0 Å². The molecule has 0 heterocycles. The van der Waals surface area contributed by atoms with Gasteiger partial charge in [-0.05, 0) is 25.1 Å². The van der Waals surface area contributed by atoms with E-state index in [1.807, 2.05) is 0 Å². The molecule has 0 bridgehead atoms. The van der Waals surface area contributed by atoms with Crippen LogP contribution in [0.4, 0.5) is 4.39 Å². The maximum atomic E-state index is 12.8. The van der Waals surface area contributed by atoms with Crippen LogP contribution in [0.1, 0.15) is 17.3 Å². The van der Waals surface area contributed by atoms with Gasteiger partial charge >= 0.3 is 0 Å². The molecule has 1 aromatic rings. The van der Waals surface area contributed by atoms with Gasteiger partial charge in [-0.1, -0.05) is 11.6 Å². The minimum absolute atomic E-state index is 0.0992. The fourth-order valence-electron chi connectivity index (χ4n) is 1.27. The molecule has 0 spiro atoms. The number of benzene rings is 1. The first kappa shape index (κ1) is 12.9. The summed E-state index contributed by atoms with van der Waals surface area (Å²) in [6.07, 6.45) is 0. The highest BCUT2D eigenvalue weighted by Crippen LogP contribution is 2.17. The van der Waals surface area contributed by atoms with Gasteiger partial charge in [0.1, 0.15) is 5.82 Å². The van der Waals surface area contributed by atoms with Gasteiger partial charge in [0.05, 0.1) is 17.2 Å². The van der Waals surface area contributed by atoms with Crippen molar-refractivity contribution in [2.45, 2.75) is 13.0 Å². The summed E-state index contributed by atoms with van der Waals surface area (Å²) in [6, 6.07) is 3.53. The van der Waals surface area contributed by atoms with Gasteiger partial charge < -0.3 is 10.1 Å². The zero-order valence-corrected chi connectivity index (χ0v) is 9.84. The lowest BCUT2D eigenvalue weighted by Gasteiger charge is -2.13. The van der Waals surface area contributed by atoms with Crippen LogP contribution in [0, 0.1) is 5.82 Å². The fraction of sp³-hybridized carbons (Fsp3) is 0.364. The molecule has 1 aromatic carbocycles. The lowest BCUT2D eigenvalue weighted by atomic mass is 10.2. The normalized spacial score (nSPS) is 12.2. The summed E-state index contributed by atoms with van der Waals surface area (Å²) in [4.78, 5) is 11.7. The molecule has 1 rings (SSSR count). The number of halogens is 2. The monoisotopic (exact) mass is 245 g/mol. The molecule has 16 heavy (non-hydrogen) atoms. The van der Waals surface area contributed by atoms with E-state index in [0.717, 1.165) is 6.07 Å². The maximum Gasteiger partial charge on any atom is 0.253 e. The summed E-state index contributed by atoms with van der Waals surface area (Å²) in [6.45, 7) is 2.21. The molecule has 0 saturated heterocycles. The lowest BCUT2D eigenvalue weighted by molar-refractivity contribution is 0.0905. The van der Waals surface area contributed by atoms with Crippen LogP contribution >= 0.6 is 11.6 Å². The standard InChI is InChI=1S/C11H13ClFNO2/c1-7(6-16-2)14-11(15)9-4-3-8(13)5-10(9)12/h3-5,7H,6H2,1-2H3,(H,14,15)/t7-/m1/s1. The van der Waals surface area contributed by atoms with Gasteiger partial charge in [-0.25, -0.2) is 4.39 Å². The number of ether oxygens (including phenoxy) is 1. The Morgan fingerprint density at radius 3 is 2.88 bits per heavy atom. The Labute approximate surface area is 98.5 Å². The van der Waals surface area contributed by atoms with Crippen molar-refractivity contribution >= 4 is 17.5 Å². The summed E-state index contributed by atoms with van der Waals surface area (Å²) in [5, 5.41) is 2.79. The van der Waals surface area contributed by atoms with E-state index < -0.39 is 5.82 Å². The Balaban J connectivity index is 2.73. The number of amides is 1. The van der Waals surface area contributed by atoms with Crippen molar-refractivity contribution in [3.05, 3.63) is 34.6 Å². The number of hydrogen-bond donors (Lipinski definition) is 1. The molecule has 0 aromatic heterocycles. The van der Waals surface area contributed by atoms with Gasteiger partial charge in [0.25, 0.3) is 5.91 Å². The molecule has 0 radical (unpaired) electrons. The highest BCUT2D eigenvalue weighted by Gasteiger charge is 2.13. The van der Waals surface area contributed by atoms with E-state index in [0.29, 0.717) is 6.61 Å². The van der Waals surface area contributed by atoms with E-state index in [2.05, 4.69) is 5.32 Å². The molecular weight excluding hydrogens is 233 g/mol. The second kappa shape index (κ2) is 5.82. The van der Waals surface area contributed by atoms with Crippen LogP contribution < -0.4 is 5.32 Å². The highest BCUT2D eigenvalue weighted by atomic mass is 35.5. The SMILES string of the molecule is COC[C@@H](C)NC(=O)c1ccc(F)cc1Cl. The van der Waals surface area contributed by atoms with Crippen molar-refractivity contribution in [1.82, 2.24) is 5.32 Å². The number of nitrogens with one attached hydrogen (secondary N) is 1. The van der Waals surface area contributed by atoms with Crippen LogP contribution in [0.3, 0.4) is 0 Å². The van der Waals surface area contributed by atoms with Gasteiger partial charge in [0.15, 0.2) is 0 Å². The van der Waals surface area contributed by atoms with E-state index >= 15 is 0 Å². The van der Waals surface area contributed by atoms with Crippen molar-refractivity contribution in [3.63, 3.8) is 0 Å². The van der Waals surface area contributed by atoms with Crippen LogP contribution in [-0.4, -0.2) is 25.7 Å². The first-order valence-electron chi connectivity index (χ1n) is 4.79. The number of carbonyl (C=O) groups excluding carboxylic acids is 1. The summed E-state index contributed by atoms with van der Waals surface area (Å²) >= 11 is 5.75. The average Bonchev–Trinajstić information content (AvgIpc) is 2.17. The van der Waals surface area contributed by atoms with Crippen molar-refractivity contribution in [3.8, 4) is 0 Å². The molecule has 1 N–H and O–H groups in total. The topological polar surface area (TPSA) is 38.3 Å². The predicted octanol–water partition coefficient (Wildman–Crippen LogP) is 2.24. The number of carbonyl (C=O) groups is 1. The van der Waals surface area contributed by atoms with Gasteiger partial charge in [-0.2, -0.15) is 0 Å². The third-order valence-electron chi connectivity index (χ3n) is 1.97. The Bertz CT molecular complexity index is 384. The number of methoxy groups -OCH3 is 1. The van der Waals surface area contributed by atoms with Crippen molar-refractivity contribution < 1.29 is 13.9 Å². The zero-order chi connectivity index (χ0) is 12.1. The van der Waals surface area contributed by atoms with Crippen LogP contribution in [0.15, 0.2) is 18.2 Å². The highest BCUT2D eigenvalue weighted by molar-refractivity contribution is 6.33. The lowest BCUT2D eigenvalue weighted by Crippen LogP contribution is -2.35. The molecule has 1 amide bonds. The smallest absolute Gasteiger partial charge is 0.253 e. The van der Waals surface area contributed by atoms with E-state index in [4.69, 9.17) is 16.3 Å². The third-order valence-corrected chi connectivity index (χ3v) is 2.28.